The summed E-state index contributed by atoms with van der Waals surface area (Å²) < 4.78 is 17.0. The zero-order chi connectivity index (χ0) is 21.4. The Labute approximate surface area is 175 Å². The first-order chi connectivity index (χ1) is 14.3. The van der Waals surface area contributed by atoms with E-state index in [1.165, 1.54) is 23.9 Å². The Morgan fingerprint density at radius 2 is 2.07 bits per heavy atom. The number of benzene rings is 1. The summed E-state index contributed by atoms with van der Waals surface area (Å²) in [5, 5.41) is 10.6. The first-order valence-corrected chi connectivity index (χ1v) is 10.1. The van der Waals surface area contributed by atoms with Gasteiger partial charge in [0.1, 0.15) is 11.5 Å². The Hall–Kier alpha value is -3.33. The lowest BCUT2D eigenvalue weighted by molar-refractivity contribution is 0.0942. The molecule has 0 fully saturated rings. The van der Waals surface area contributed by atoms with E-state index in [9.17, 15) is 14.0 Å². The number of carbonyl (C=O) groups excluding carboxylic acids is 1. The molecule has 0 atom stereocenters. The molecule has 0 saturated heterocycles. The first kappa shape index (κ1) is 20.0. The molecule has 0 unspecified atom stereocenters. The van der Waals surface area contributed by atoms with Crippen molar-refractivity contribution < 1.29 is 9.18 Å². The molecule has 0 saturated carbocycles. The minimum absolute atomic E-state index is 0.0673. The zero-order valence-corrected chi connectivity index (χ0v) is 17.5. The highest BCUT2D eigenvalue weighted by Gasteiger charge is 2.18. The van der Waals surface area contributed by atoms with Crippen LogP contribution >= 0.6 is 11.8 Å². The maximum absolute atomic E-state index is 14.0. The van der Waals surface area contributed by atoms with E-state index in [1.54, 1.807) is 35.6 Å². The number of nitrogens with one attached hydrogen (secondary N) is 2. The van der Waals surface area contributed by atoms with Crippen LogP contribution in [0.4, 0.5) is 4.39 Å². The number of aromatic nitrogens is 4. The average molecular weight is 425 g/mol. The topological polar surface area (TPSA) is 84.7 Å². The number of pyridine rings is 1. The first-order valence-electron chi connectivity index (χ1n) is 9.24. The van der Waals surface area contributed by atoms with Crippen LogP contribution in [0.1, 0.15) is 21.7 Å². The van der Waals surface area contributed by atoms with Gasteiger partial charge in [0.25, 0.3) is 11.5 Å². The Balaban J connectivity index is 1.54. The quantitative estimate of drug-likeness (QED) is 0.515. The number of fused-ring (bicyclic) bond motifs is 1. The molecule has 0 bridgehead atoms. The second-order valence-corrected chi connectivity index (χ2v) is 8.12. The molecule has 4 aromatic rings. The number of H-pyrrole nitrogens is 1. The van der Waals surface area contributed by atoms with E-state index in [-0.39, 0.29) is 18.0 Å². The molecule has 154 valence electrons. The van der Waals surface area contributed by atoms with E-state index < -0.39 is 11.4 Å². The van der Waals surface area contributed by atoms with Gasteiger partial charge in [-0.3, -0.25) is 14.7 Å². The smallest absolute Gasteiger partial charge is 0.268 e. The molecule has 1 aromatic carbocycles. The largest absolute Gasteiger partial charge is 0.346 e. The third-order valence-electron chi connectivity index (χ3n) is 5.10. The van der Waals surface area contributed by atoms with Crippen LogP contribution < -0.4 is 10.9 Å². The monoisotopic (exact) mass is 425 g/mol. The summed E-state index contributed by atoms with van der Waals surface area (Å²) in [5.74, 6) is -1.00. The van der Waals surface area contributed by atoms with Gasteiger partial charge in [-0.2, -0.15) is 5.10 Å². The van der Waals surface area contributed by atoms with Gasteiger partial charge < -0.3 is 14.5 Å². The van der Waals surface area contributed by atoms with Crippen LogP contribution in [0.3, 0.4) is 0 Å². The maximum Gasteiger partial charge on any atom is 0.268 e. The van der Waals surface area contributed by atoms with Crippen LogP contribution in [-0.4, -0.2) is 25.2 Å². The van der Waals surface area contributed by atoms with Crippen LogP contribution in [0.15, 0.2) is 57.3 Å². The maximum atomic E-state index is 14.0. The van der Waals surface area contributed by atoms with Gasteiger partial charge in [-0.1, -0.05) is 11.8 Å². The lowest BCUT2D eigenvalue weighted by Gasteiger charge is -2.08. The van der Waals surface area contributed by atoms with Gasteiger partial charge >= 0.3 is 0 Å². The van der Waals surface area contributed by atoms with Gasteiger partial charge in [0.05, 0.1) is 23.8 Å². The number of amides is 1. The number of nitrogens with zero attached hydrogens (tertiary/aromatic N) is 3. The predicted octanol–water partition coefficient (Wildman–Crippen LogP) is 3.13. The van der Waals surface area contributed by atoms with Crippen LogP contribution in [0.25, 0.3) is 10.9 Å². The third kappa shape index (κ3) is 3.63. The Kier molecular flexibility index (Phi) is 5.21. The van der Waals surface area contributed by atoms with Crippen molar-refractivity contribution in [2.75, 3.05) is 0 Å². The third-order valence-corrected chi connectivity index (χ3v) is 6.22. The summed E-state index contributed by atoms with van der Waals surface area (Å²) in [4.78, 5) is 26.8. The van der Waals surface area contributed by atoms with Gasteiger partial charge in [0, 0.05) is 41.2 Å². The molecule has 0 radical (unpaired) electrons. The normalized spacial score (nSPS) is 11.2. The van der Waals surface area contributed by atoms with Crippen LogP contribution in [-0.2, 0) is 20.6 Å². The second-order valence-electron chi connectivity index (χ2n) is 7.00. The van der Waals surface area contributed by atoms with Crippen molar-refractivity contribution in [2.45, 2.75) is 23.3 Å². The molecule has 3 heterocycles. The molecule has 0 aliphatic rings. The molecule has 9 heteroatoms. The summed E-state index contributed by atoms with van der Waals surface area (Å²) in [7, 11) is 3.34. The number of hydrogen-bond acceptors (Lipinski definition) is 4. The molecule has 3 aromatic heterocycles. The molecular weight excluding hydrogens is 405 g/mol. The summed E-state index contributed by atoms with van der Waals surface area (Å²) in [6.45, 7) is 1.75. The summed E-state index contributed by atoms with van der Waals surface area (Å²) in [5.41, 5.74) is 1.79. The number of aromatic amines is 1. The van der Waals surface area contributed by atoms with E-state index in [0.29, 0.717) is 5.69 Å². The highest BCUT2D eigenvalue weighted by Crippen LogP contribution is 2.33. The molecule has 0 aliphatic carbocycles. The van der Waals surface area contributed by atoms with Gasteiger partial charge in [0.15, 0.2) is 0 Å². The van der Waals surface area contributed by atoms with E-state index in [2.05, 4.69) is 15.5 Å². The number of rotatable bonds is 5. The Bertz CT molecular complexity index is 1320. The minimum Gasteiger partial charge on any atom is -0.346 e. The van der Waals surface area contributed by atoms with Crippen molar-refractivity contribution in [1.29, 1.82) is 0 Å². The lowest BCUT2D eigenvalue weighted by Crippen LogP contribution is -2.31. The number of hydrogen-bond donors (Lipinski definition) is 2. The van der Waals surface area contributed by atoms with Crippen molar-refractivity contribution in [3.8, 4) is 0 Å². The van der Waals surface area contributed by atoms with Crippen molar-refractivity contribution in [1.82, 2.24) is 24.6 Å². The highest BCUT2D eigenvalue weighted by atomic mass is 32.2. The summed E-state index contributed by atoms with van der Waals surface area (Å²) in [6, 6.07) is 9.00. The van der Waals surface area contributed by atoms with Crippen molar-refractivity contribution in [3.05, 3.63) is 75.8 Å². The van der Waals surface area contributed by atoms with Gasteiger partial charge in [-0.05, 0) is 37.3 Å². The Morgan fingerprint density at radius 1 is 1.27 bits per heavy atom. The van der Waals surface area contributed by atoms with Crippen LogP contribution in [0.5, 0.6) is 0 Å². The zero-order valence-electron chi connectivity index (χ0n) is 16.7. The fourth-order valence-electron chi connectivity index (χ4n) is 3.18. The van der Waals surface area contributed by atoms with Gasteiger partial charge in [-0.15, -0.1) is 0 Å². The highest BCUT2D eigenvalue weighted by molar-refractivity contribution is 7.99. The molecule has 4 rings (SSSR count). The van der Waals surface area contributed by atoms with Gasteiger partial charge in [-0.25, -0.2) is 4.39 Å². The summed E-state index contributed by atoms with van der Waals surface area (Å²) >= 11 is 1.55. The SMILES string of the molecule is Cc1c(Sc2ccc3[nH]ncc3c2)cc(C(=O)NCc2c(F)ccn(C)c2=O)n1C. The van der Waals surface area contributed by atoms with E-state index in [1.807, 2.05) is 25.1 Å². The molecular formula is C21H20FN5O2S. The lowest BCUT2D eigenvalue weighted by atomic mass is 10.2. The van der Waals surface area contributed by atoms with Crippen LogP contribution in [0.2, 0.25) is 0 Å². The molecule has 0 spiro atoms. The second kappa shape index (κ2) is 7.83. The van der Waals surface area contributed by atoms with Crippen molar-refractivity contribution in [3.63, 3.8) is 0 Å². The Morgan fingerprint density at radius 3 is 2.87 bits per heavy atom. The number of carbonyl (C=O) groups is 1. The summed E-state index contributed by atoms with van der Waals surface area (Å²) in [6.07, 6.45) is 3.12. The van der Waals surface area contributed by atoms with Crippen molar-refractivity contribution in [2.24, 2.45) is 14.1 Å². The molecule has 2 N–H and O–H groups in total. The minimum atomic E-state index is -0.632. The fraction of sp³-hybridized carbons (Fsp3) is 0.190. The van der Waals surface area contributed by atoms with E-state index in [0.717, 1.165) is 26.4 Å². The molecule has 1 amide bonds. The van der Waals surface area contributed by atoms with Crippen LogP contribution in [0, 0.1) is 12.7 Å². The predicted molar refractivity (Wildman–Crippen MR) is 113 cm³/mol. The molecule has 0 aliphatic heterocycles. The number of halogens is 1. The fourth-order valence-corrected chi connectivity index (χ4v) is 4.21. The average Bonchev–Trinajstić information content (AvgIpc) is 3.30. The number of aryl methyl sites for hydroxylation is 1. The molecule has 7 nitrogen and oxygen atoms in total. The van der Waals surface area contributed by atoms with Gasteiger partial charge in [0.2, 0.25) is 0 Å². The van der Waals surface area contributed by atoms with E-state index >= 15 is 0 Å². The van der Waals surface area contributed by atoms with E-state index in [4.69, 9.17) is 0 Å². The van der Waals surface area contributed by atoms with Crippen molar-refractivity contribution >= 4 is 28.6 Å². The standard InChI is InChI=1S/C21H20FN5O2S/c1-12-19(30-14-4-5-17-13(8-14)10-24-25-17)9-18(27(12)3)20(28)23-11-15-16(22)6-7-26(2)21(15)29/h4-10H,11H2,1-3H3,(H,23,28)(H,24,25). The molecule has 30 heavy (non-hydrogen) atoms.